The van der Waals surface area contributed by atoms with Crippen LogP contribution in [0.5, 0.6) is 0 Å². The minimum Gasteiger partial charge on any atom is -0.369 e. The van der Waals surface area contributed by atoms with E-state index >= 15 is 0 Å². The van der Waals surface area contributed by atoms with E-state index in [2.05, 4.69) is 16.4 Å². The molecule has 0 bridgehead atoms. The van der Waals surface area contributed by atoms with Crippen molar-refractivity contribution in [2.75, 3.05) is 5.32 Å². The Balaban J connectivity index is 2.11. The summed E-state index contributed by atoms with van der Waals surface area (Å²) in [5.41, 5.74) is 5.98. The Labute approximate surface area is 116 Å². The number of hydrogen-bond donors (Lipinski definition) is 3. The first-order valence-corrected chi connectivity index (χ1v) is 6.55. The molecule has 3 rings (SSSR count). The summed E-state index contributed by atoms with van der Waals surface area (Å²) in [6, 6.07) is 7.65. The largest absolute Gasteiger partial charge is 0.369 e. The topological polar surface area (TPSA) is 48.0 Å². The van der Waals surface area contributed by atoms with Crippen molar-refractivity contribution in [1.82, 2.24) is 4.98 Å². The lowest BCUT2D eigenvalue weighted by Crippen LogP contribution is -2.12. The van der Waals surface area contributed by atoms with Crippen LogP contribution < -0.4 is 5.32 Å². The van der Waals surface area contributed by atoms with E-state index in [1.165, 1.54) is 0 Å². The zero-order valence-electron chi connectivity index (χ0n) is 10.8. The summed E-state index contributed by atoms with van der Waals surface area (Å²) in [5, 5.41) is 13.8. The summed E-state index contributed by atoms with van der Waals surface area (Å²) >= 11 is 6.03. The lowest BCUT2D eigenvalue weighted by molar-refractivity contribution is 0.266. The Morgan fingerprint density at radius 1 is 1.26 bits per heavy atom. The zero-order valence-corrected chi connectivity index (χ0v) is 11.5. The molecule has 1 atom stereocenters. The van der Waals surface area contributed by atoms with E-state index in [1.54, 1.807) is 0 Å². The molecule has 0 fully saturated rings. The van der Waals surface area contributed by atoms with Crippen LogP contribution >= 0.6 is 11.6 Å². The first-order chi connectivity index (χ1) is 9.04. The van der Waals surface area contributed by atoms with E-state index < -0.39 is 6.23 Å². The minimum atomic E-state index is -0.698. The summed E-state index contributed by atoms with van der Waals surface area (Å²) in [4.78, 5) is 3.29. The monoisotopic (exact) mass is 274 g/mol. The second-order valence-corrected chi connectivity index (χ2v) is 5.32. The Morgan fingerprint density at radius 2 is 2.05 bits per heavy atom. The van der Waals surface area contributed by atoms with Crippen molar-refractivity contribution < 1.29 is 5.11 Å². The minimum absolute atomic E-state index is 0.667. The van der Waals surface area contributed by atoms with Crippen molar-refractivity contribution in [1.29, 1.82) is 0 Å². The van der Waals surface area contributed by atoms with Gasteiger partial charge in [0.15, 0.2) is 6.23 Å². The van der Waals surface area contributed by atoms with Crippen molar-refractivity contribution in [3.05, 3.63) is 51.8 Å². The summed E-state index contributed by atoms with van der Waals surface area (Å²) in [7, 11) is 0. The molecule has 1 unspecified atom stereocenters. The number of benzene rings is 1. The fraction of sp³-hybridized carbons (Fsp3) is 0.200. The van der Waals surface area contributed by atoms with Gasteiger partial charge in [-0.3, -0.25) is 0 Å². The van der Waals surface area contributed by atoms with Gasteiger partial charge in [0.25, 0.3) is 0 Å². The van der Waals surface area contributed by atoms with E-state index in [9.17, 15) is 5.11 Å². The molecule has 19 heavy (non-hydrogen) atoms. The molecular weight excluding hydrogens is 260 g/mol. The Bertz CT molecular complexity index is 673. The second-order valence-electron chi connectivity index (χ2n) is 4.89. The van der Waals surface area contributed by atoms with Gasteiger partial charge in [0.05, 0.1) is 0 Å². The molecule has 98 valence electrons. The smallest absolute Gasteiger partial charge is 0.151 e. The maximum Gasteiger partial charge on any atom is 0.151 e. The summed E-state index contributed by atoms with van der Waals surface area (Å²) < 4.78 is 0. The highest BCUT2D eigenvalue weighted by Crippen LogP contribution is 2.37. The first-order valence-electron chi connectivity index (χ1n) is 6.17. The summed E-state index contributed by atoms with van der Waals surface area (Å²) in [5.74, 6) is 0. The van der Waals surface area contributed by atoms with Crippen molar-refractivity contribution in [2.45, 2.75) is 20.1 Å². The van der Waals surface area contributed by atoms with Gasteiger partial charge in [-0.05, 0) is 49.8 Å². The maximum atomic E-state index is 10.1. The van der Waals surface area contributed by atoms with Crippen molar-refractivity contribution in [3.63, 3.8) is 0 Å². The van der Waals surface area contributed by atoms with E-state index in [-0.39, 0.29) is 0 Å². The molecule has 4 heteroatoms. The Morgan fingerprint density at radius 3 is 2.74 bits per heavy atom. The average Bonchev–Trinajstić information content (AvgIpc) is 2.81. The maximum absolute atomic E-state index is 10.1. The van der Waals surface area contributed by atoms with Crippen LogP contribution in [0, 0.1) is 13.8 Å². The van der Waals surface area contributed by atoms with Gasteiger partial charge in [-0.25, -0.2) is 0 Å². The lowest BCUT2D eigenvalue weighted by Gasteiger charge is -2.05. The molecule has 0 amide bonds. The number of aromatic amines is 1. The average molecular weight is 275 g/mol. The lowest BCUT2D eigenvalue weighted by atomic mass is 10.0. The molecule has 1 aliphatic rings. The normalized spacial score (nSPS) is 19.6. The highest BCUT2D eigenvalue weighted by atomic mass is 35.5. The van der Waals surface area contributed by atoms with E-state index in [0.29, 0.717) is 5.02 Å². The highest BCUT2D eigenvalue weighted by molar-refractivity contribution is 6.31. The van der Waals surface area contributed by atoms with Gasteiger partial charge in [-0.15, -0.1) is 0 Å². The summed E-state index contributed by atoms with van der Waals surface area (Å²) in [6.45, 7) is 4.06. The molecule has 2 aromatic rings. The number of aliphatic hydroxyl groups is 1. The third-order valence-corrected chi connectivity index (χ3v) is 3.60. The molecule has 2 heterocycles. The number of rotatable bonds is 1. The van der Waals surface area contributed by atoms with Crippen LogP contribution in [0.2, 0.25) is 5.02 Å². The first kappa shape index (κ1) is 12.3. The van der Waals surface area contributed by atoms with E-state index in [0.717, 1.165) is 33.8 Å². The van der Waals surface area contributed by atoms with Crippen molar-refractivity contribution in [3.8, 4) is 0 Å². The van der Waals surface area contributed by atoms with Gasteiger partial charge >= 0.3 is 0 Å². The second kappa shape index (κ2) is 4.44. The number of anilines is 1. The predicted molar refractivity (Wildman–Crippen MR) is 79.2 cm³/mol. The van der Waals surface area contributed by atoms with Crippen LogP contribution in [0.1, 0.15) is 22.5 Å². The van der Waals surface area contributed by atoms with Crippen molar-refractivity contribution >= 4 is 28.9 Å². The van der Waals surface area contributed by atoms with Gasteiger partial charge in [-0.2, -0.15) is 0 Å². The molecule has 1 aromatic carbocycles. The van der Waals surface area contributed by atoms with Gasteiger partial charge in [0, 0.05) is 33.2 Å². The van der Waals surface area contributed by atoms with Crippen LogP contribution in [0.25, 0.3) is 11.6 Å². The summed E-state index contributed by atoms with van der Waals surface area (Å²) in [6.07, 6.45) is 1.28. The van der Waals surface area contributed by atoms with Crippen molar-refractivity contribution in [2.24, 2.45) is 0 Å². The van der Waals surface area contributed by atoms with Gasteiger partial charge in [0.1, 0.15) is 0 Å². The number of aromatic nitrogens is 1. The molecule has 3 nitrogen and oxygen atoms in total. The Hall–Kier alpha value is -1.71. The Kier molecular flexibility index (Phi) is 2.88. The number of halogens is 1. The number of fused-ring (bicyclic) bond motifs is 1. The molecular formula is C15H15ClN2O. The third-order valence-electron chi connectivity index (χ3n) is 3.37. The molecule has 3 N–H and O–H groups in total. The van der Waals surface area contributed by atoms with E-state index in [4.69, 9.17) is 11.6 Å². The molecule has 0 spiro atoms. The molecule has 0 saturated heterocycles. The van der Waals surface area contributed by atoms with Gasteiger partial charge < -0.3 is 15.4 Å². The predicted octanol–water partition coefficient (Wildman–Crippen LogP) is 3.57. The fourth-order valence-electron chi connectivity index (χ4n) is 2.47. The number of nitrogens with one attached hydrogen (secondary N) is 2. The van der Waals surface area contributed by atoms with Crippen LogP contribution in [-0.4, -0.2) is 16.3 Å². The molecule has 0 saturated carbocycles. The number of hydrogen-bond acceptors (Lipinski definition) is 2. The SMILES string of the molecule is Cc1cc(C)c(/C=C2/c3cc(Cl)ccc3NC2O)[nH]1. The van der Waals surface area contributed by atoms with Crippen LogP contribution in [0.3, 0.4) is 0 Å². The quantitative estimate of drug-likeness (QED) is 0.744. The number of H-pyrrole nitrogens is 1. The van der Waals surface area contributed by atoms with Crippen LogP contribution in [-0.2, 0) is 0 Å². The van der Waals surface area contributed by atoms with E-state index in [1.807, 2.05) is 38.1 Å². The fourth-order valence-corrected chi connectivity index (χ4v) is 2.64. The molecule has 1 aliphatic heterocycles. The molecule has 0 aliphatic carbocycles. The van der Waals surface area contributed by atoms with Crippen LogP contribution in [0.15, 0.2) is 24.3 Å². The third kappa shape index (κ3) is 2.15. The number of aliphatic hydroxyl groups excluding tert-OH is 1. The number of aryl methyl sites for hydroxylation is 2. The van der Waals surface area contributed by atoms with Crippen LogP contribution in [0.4, 0.5) is 5.69 Å². The molecule has 0 radical (unpaired) electrons. The van der Waals surface area contributed by atoms with Gasteiger partial charge in [-0.1, -0.05) is 11.6 Å². The standard InChI is InChI=1S/C15H15ClN2O/c1-8-5-9(2)17-14(8)7-12-11-6-10(16)3-4-13(11)18-15(12)19/h3-7,15,17-19H,1-2H3/b12-7-. The molecule has 1 aromatic heterocycles. The highest BCUT2D eigenvalue weighted by Gasteiger charge is 2.24. The zero-order chi connectivity index (χ0) is 13.6. The van der Waals surface area contributed by atoms with Gasteiger partial charge in [0.2, 0.25) is 0 Å².